The Morgan fingerprint density at radius 1 is 1.18 bits per heavy atom. The van der Waals surface area contributed by atoms with Gasteiger partial charge in [-0.3, -0.25) is 0 Å². The molecular formula is C15H20O2. The minimum absolute atomic E-state index is 0.398. The van der Waals surface area contributed by atoms with E-state index in [1.165, 1.54) is 37.7 Å². The Balaban J connectivity index is 1.79. The fourth-order valence-electron chi connectivity index (χ4n) is 2.83. The summed E-state index contributed by atoms with van der Waals surface area (Å²) >= 11 is 0. The van der Waals surface area contributed by atoms with Crippen LogP contribution in [-0.2, 0) is 0 Å². The summed E-state index contributed by atoms with van der Waals surface area (Å²) in [6.07, 6.45) is 6.75. The second-order valence-corrected chi connectivity index (χ2v) is 5.26. The van der Waals surface area contributed by atoms with Gasteiger partial charge in [0.05, 0.1) is 12.7 Å². The second-order valence-electron chi connectivity index (χ2n) is 5.26. The van der Waals surface area contributed by atoms with Gasteiger partial charge in [-0.25, -0.2) is 0 Å². The average Bonchev–Trinajstić information content (AvgIpc) is 2.74. The number of rotatable bonds is 2. The molecule has 0 amide bonds. The molecule has 1 atom stereocenters. The maximum Gasteiger partial charge on any atom is 0.164 e. The molecule has 2 nitrogen and oxygen atoms in total. The summed E-state index contributed by atoms with van der Waals surface area (Å²) in [6, 6.07) is 6.29. The van der Waals surface area contributed by atoms with Crippen molar-refractivity contribution in [2.45, 2.75) is 51.0 Å². The molecule has 0 radical (unpaired) electrons. The summed E-state index contributed by atoms with van der Waals surface area (Å²) in [6.45, 7) is 3.00. The van der Waals surface area contributed by atoms with Gasteiger partial charge in [-0.15, -0.1) is 0 Å². The Morgan fingerprint density at radius 3 is 2.82 bits per heavy atom. The molecule has 3 rings (SSSR count). The van der Waals surface area contributed by atoms with Crippen molar-refractivity contribution < 1.29 is 9.47 Å². The predicted molar refractivity (Wildman–Crippen MR) is 67.9 cm³/mol. The molecule has 0 bridgehead atoms. The highest BCUT2D eigenvalue weighted by Gasteiger charge is 2.25. The molecule has 1 aromatic rings. The van der Waals surface area contributed by atoms with Gasteiger partial charge in [-0.05, 0) is 31.7 Å². The molecular weight excluding hydrogens is 212 g/mol. The first-order valence-corrected chi connectivity index (χ1v) is 6.77. The van der Waals surface area contributed by atoms with Crippen LogP contribution in [0.1, 0.15) is 50.5 Å². The summed E-state index contributed by atoms with van der Waals surface area (Å²) in [5.74, 6) is 2.45. The second kappa shape index (κ2) is 4.59. The van der Waals surface area contributed by atoms with Crippen molar-refractivity contribution in [3.63, 3.8) is 0 Å². The molecule has 1 aromatic carbocycles. The highest BCUT2D eigenvalue weighted by molar-refractivity contribution is 5.50. The zero-order valence-electron chi connectivity index (χ0n) is 10.4. The molecule has 1 aliphatic heterocycles. The van der Waals surface area contributed by atoms with Gasteiger partial charge >= 0.3 is 0 Å². The zero-order chi connectivity index (χ0) is 11.7. The lowest BCUT2D eigenvalue weighted by Gasteiger charge is -2.23. The van der Waals surface area contributed by atoms with Crippen LogP contribution in [0.2, 0.25) is 0 Å². The summed E-state index contributed by atoms with van der Waals surface area (Å²) in [5.41, 5.74) is 1.30. The van der Waals surface area contributed by atoms with Gasteiger partial charge in [0.1, 0.15) is 0 Å². The summed E-state index contributed by atoms with van der Waals surface area (Å²) < 4.78 is 11.9. The maximum absolute atomic E-state index is 6.12. The molecule has 0 aromatic heterocycles. The third-order valence-electron chi connectivity index (χ3n) is 3.86. The van der Waals surface area contributed by atoms with Crippen molar-refractivity contribution in [2.24, 2.45) is 0 Å². The van der Waals surface area contributed by atoms with Gasteiger partial charge in [0.2, 0.25) is 0 Å². The van der Waals surface area contributed by atoms with Crippen LogP contribution in [0.15, 0.2) is 18.2 Å². The Labute approximate surface area is 103 Å². The molecule has 2 aliphatic rings. The quantitative estimate of drug-likeness (QED) is 0.770. The first-order chi connectivity index (χ1) is 8.34. The van der Waals surface area contributed by atoms with E-state index in [0.29, 0.717) is 12.0 Å². The van der Waals surface area contributed by atoms with E-state index in [2.05, 4.69) is 19.1 Å². The van der Waals surface area contributed by atoms with Crippen LogP contribution < -0.4 is 9.47 Å². The lowest BCUT2D eigenvalue weighted by Crippen LogP contribution is -2.19. The Hall–Kier alpha value is -1.18. The highest BCUT2D eigenvalue weighted by Crippen LogP contribution is 2.41. The number of hydrogen-bond acceptors (Lipinski definition) is 2. The topological polar surface area (TPSA) is 18.5 Å². The predicted octanol–water partition coefficient (Wildman–Crippen LogP) is 3.89. The largest absolute Gasteiger partial charge is 0.489 e. The van der Waals surface area contributed by atoms with Crippen LogP contribution in [0.25, 0.3) is 0 Å². The van der Waals surface area contributed by atoms with Crippen molar-refractivity contribution in [2.75, 3.05) is 6.61 Å². The van der Waals surface area contributed by atoms with Gasteiger partial charge in [0.15, 0.2) is 11.5 Å². The van der Waals surface area contributed by atoms with Crippen LogP contribution in [0.3, 0.4) is 0 Å². The van der Waals surface area contributed by atoms with E-state index in [1.54, 1.807) is 0 Å². The lowest BCUT2D eigenvalue weighted by atomic mass is 9.97. The third kappa shape index (κ3) is 2.13. The van der Waals surface area contributed by atoms with E-state index in [1.807, 2.05) is 6.07 Å². The van der Waals surface area contributed by atoms with E-state index in [0.717, 1.165) is 18.1 Å². The number of benzene rings is 1. The van der Waals surface area contributed by atoms with Crippen LogP contribution in [0, 0.1) is 0 Å². The smallest absolute Gasteiger partial charge is 0.164 e. The summed E-state index contributed by atoms with van der Waals surface area (Å²) in [4.78, 5) is 0. The van der Waals surface area contributed by atoms with E-state index < -0.39 is 0 Å². The van der Waals surface area contributed by atoms with Crippen LogP contribution in [0.4, 0.5) is 0 Å². The van der Waals surface area contributed by atoms with Crippen LogP contribution in [-0.4, -0.2) is 12.7 Å². The van der Waals surface area contributed by atoms with Gasteiger partial charge in [0.25, 0.3) is 0 Å². The molecule has 17 heavy (non-hydrogen) atoms. The fraction of sp³-hybridized carbons (Fsp3) is 0.600. The first kappa shape index (κ1) is 10.9. The van der Waals surface area contributed by atoms with Crippen molar-refractivity contribution in [3.8, 4) is 11.5 Å². The van der Waals surface area contributed by atoms with Crippen LogP contribution >= 0.6 is 0 Å². The zero-order valence-corrected chi connectivity index (χ0v) is 10.4. The third-order valence-corrected chi connectivity index (χ3v) is 3.86. The highest BCUT2D eigenvalue weighted by atomic mass is 16.5. The van der Waals surface area contributed by atoms with Gasteiger partial charge < -0.3 is 9.47 Å². The minimum Gasteiger partial charge on any atom is -0.489 e. The van der Waals surface area contributed by atoms with Gasteiger partial charge in [-0.1, -0.05) is 25.5 Å². The number of hydrogen-bond donors (Lipinski definition) is 0. The fourth-order valence-corrected chi connectivity index (χ4v) is 2.83. The van der Waals surface area contributed by atoms with Crippen molar-refractivity contribution in [3.05, 3.63) is 23.8 Å². The van der Waals surface area contributed by atoms with E-state index in [9.17, 15) is 0 Å². The molecule has 1 unspecified atom stereocenters. The number of ether oxygens (including phenoxy) is 2. The summed E-state index contributed by atoms with van der Waals surface area (Å²) in [7, 11) is 0. The molecule has 0 spiro atoms. The first-order valence-electron chi connectivity index (χ1n) is 6.77. The molecule has 1 heterocycles. The summed E-state index contributed by atoms with van der Waals surface area (Å²) in [5, 5.41) is 0. The SMILES string of the molecule is CC1COc2c(OC3CCCCC3)cccc21. The standard InChI is InChI=1S/C15H20O2/c1-11-10-16-15-13(11)8-5-9-14(15)17-12-6-3-2-4-7-12/h5,8-9,11-12H,2-4,6-7,10H2,1H3. The van der Waals surface area contributed by atoms with E-state index >= 15 is 0 Å². The van der Waals surface area contributed by atoms with E-state index in [-0.39, 0.29) is 0 Å². The Bertz CT molecular complexity index is 394. The maximum atomic E-state index is 6.12. The molecule has 2 heteroatoms. The lowest BCUT2D eigenvalue weighted by molar-refractivity contribution is 0.149. The Kier molecular flexibility index (Phi) is 2.96. The molecule has 0 N–H and O–H groups in total. The molecule has 0 saturated heterocycles. The molecule has 1 saturated carbocycles. The molecule has 92 valence electrons. The Morgan fingerprint density at radius 2 is 2.00 bits per heavy atom. The van der Waals surface area contributed by atoms with Crippen molar-refractivity contribution >= 4 is 0 Å². The normalized spacial score (nSPS) is 24.2. The number of para-hydroxylation sites is 1. The van der Waals surface area contributed by atoms with Crippen LogP contribution in [0.5, 0.6) is 11.5 Å². The monoisotopic (exact) mass is 232 g/mol. The van der Waals surface area contributed by atoms with Gasteiger partial charge in [0, 0.05) is 11.5 Å². The average molecular weight is 232 g/mol. The van der Waals surface area contributed by atoms with Crippen molar-refractivity contribution in [1.82, 2.24) is 0 Å². The molecule has 1 fully saturated rings. The minimum atomic E-state index is 0.398. The molecule has 1 aliphatic carbocycles. The van der Waals surface area contributed by atoms with E-state index in [4.69, 9.17) is 9.47 Å². The van der Waals surface area contributed by atoms with Crippen molar-refractivity contribution in [1.29, 1.82) is 0 Å². The number of fused-ring (bicyclic) bond motifs is 1. The van der Waals surface area contributed by atoms with Gasteiger partial charge in [-0.2, -0.15) is 0 Å².